The molecule has 3 rings (SSSR count). The predicted octanol–water partition coefficient (Wildman–Crippen LogP) is 2.97. The lowest BCUT2D eigenvalue weighted by atomic mass is 10.1. The van der Waals surface area contributed by atoms with Gasteiger partial charge in [-0.1, -0.05) is 12.1 Å². The number of aryl methyl sites for hydroxylation is 1. The molecule has 124 valence electrons. The number of carbonyl (C=O) groups is 1. The Bertz CT molecular complexity index is 869. The number of methoxy groups -OCH3 is 1. The van der Waals surface area contributed by atoms with Crippen LogP contribution >= 0.6 is 0 Å². The molecule has 2 heterocycles. The van der Waals surface area contributed by atoms with E-state index in [0.29, 0.717) is 24.4 Å². The second kappa shape index (κ2) is 6.70. The maximum Gasteiger partial charge on any atom is 0.339 e. The van der Waals surface area contributed by atoms with Crippen LogP contribution in [0.5, 0.6) is 5.75 Å². The molecule has 2 aromatic heterocycles. The Morgan fingerprint density at radius 1 is 1.25 bits per heavy atom. The second-order valence-corrected chi connectivity index (χ2v) is 5.40. The lowest BCUT2D eigenvalue weighted by Gasteiger charge is -2.07. The van der Waals surface area contributed by atoms with E-state index in [1.165, 1.54) is 0 Å². The zero-order valence-corrected chi connectivity index (χ0v) is 13.9. The van der Waals surface area contributed by atoms with Crippen molar-refractivity contribution < 1.29 is 14.3 Å². The van der Waals surface area contributed by atoms with Crippen LogP contribution < -0.4 is 4.74 Å². The molecule has 0 atom stereocenters. The van der Waals surface area contributed by atoms with Crippen molar-refractivity contribution in [1.82, 2.24) is 14.8 Å². The third kappa shape index (κ3) is 3.08. The van der Waals surface area contributed by atoms with Gasteiger partial charge in [0.05, 0.1) is 37.7 Å². The minimum absolute atomic E-state index is 0.340. The topological polar surface area (TPSA) is 66.2 Å². The van der Waals surface area contributed by atoms with Gasteiger partial charge in [0.2, 0.25) is 0 Å². The smallest absolute Gasteiger partial charge is 0.339 e. The number of pyridine rings is 1. The van der Waals surface area contributed by atoms with Gasteiger partial charge in [0.15, 0.2) is 5.65 Å². The SMILES string of the molecule is CCOC(=O)c1cc2cnn(Cc3ccc(OC)cc3)c2nc1C. The highest BCUT2D eigenvalue weighted by atomic mass is 16.5. The molecule has 0 fully saturated rings. The van der Waals surface area contributed by atoms with Crippen molar-refractivity contribution in [2.24, 2.45) is 0 Å². The highest BCUT2D eigenvalue weighted by Crippen LogP contribution is 2.19. The molecule has 0 unspecified atom stereocenters. The molecule has 6 nitrogen and oxygen atoms in total. The van der Waals surface area contributed by atoms with Gasteiger partial charge in [-0.2, -0.15) is 5.10 Å². The Labute approximate surface area is 140 Å². The summed E-state index contributed by atoms with van der Waals surface area (Å²) in [6.07, 6.45) is 1.72. The van der Waals surface area contributed by atoms with Crippen LogP contribution in [0.15, 0.2) is 36.5 Å². The molecule has 0 saturated carbocycles. The molecule has 24 heavy (non-hydrogen) atoms. The summed E-state index contributed by atoms with van der Waals surface area (Å²) in [6, 6.07) is 9.60. The summed E-state index contributed by atoms with van der Waals surface area (Å²) in [5.41, 5.74) is 2.96. The molecule has 0 bridgehead atoms. The van der Waals surface area contributed by atoms with E-state index in [9.17, 15) is 4.79 Å². The number of hydrogen-bond acceptors (Lipinski definition) is 5. The van der Waals surface area contributed by atoms with Gasteiger partial charge in [-0.15, -0.1) is 0 Å². The number of hydrogen-bond donors (Lipinski definition) is 0. The van der Waals surface area contributed by atoms with Gasteiger partial charge in [0, 0.05) is 5.39 Å². The number of nitrogens with zero attached hydrogens (tertiary/aromatic N) is 3. The number of fused-ring (bicyclic) bond motifs is 1. The van der Waals surface area contributed by atoms with E-state index in [0.717, 1.165) is 22.3 Å². The molecule has 0 aliphatic carbocycles. The van der Waals surface area contributed by atoms with E-state index in [-0.39, 0.29) is 5.97 Å². The molecule has 6 heteroatoms. The van der Waals surface area contributed by atoms with Crippen LogP contribution in [-0.2, 0) is 11.3 Å². The largest absolute Gasteiger partial charge is 0.497 e. The van der Waals surface area contributed by atoms with Crippen LogP contribution in [0, 0.1) is 6.92 Å². The van der Waals surface area contributed by atoms with Crippen LogP contribution in [0.4, 0.5) is 0 Å². The molecular weight excluding hydrogens is 306 g/mol. The summed E-state index contributed by atoms with van der Waals surface area (Å²) < 4.78 is 12.0. The van der Waals surface area contributed by atoms with E-state index in [2.05, 4.69) is 10.1 Å². The Kier molecular flexibility index (Phi) is 4.46. The van der Waals surface area contributed by atoms with Crippen molar-refractivity contribution in [3.8, 4) is 5.75 Å². The minimum Gasteiger partial charge on any atom is -0.497 e. The Morgan fingerprint density at radius 3 is 2.67 bits per heavy atom. The Balaban J connectivity index is 1.92. The highest BCUT2D eigenvalue weighted by molar-refractivity contribution is 5.94. The van der Waals surface area contributed by atoms with Gasteiger partial charge in [-0.05, 0) is 37.6 Å². The first-order valence-corrected chi connectivity index (χ1v) is 7.75. The van der Waals surface area contributed by atoms with E-state index in [1.54, 1.807) is 33.2 Å². The van der Waals surface area contributed by atoms with Gasteiger partial charge >= 0.3 is 5.97 Å². The number of esters is 1. The fraction of sp³-hybridized carbons (Fsp3) is 0.278. The second-order valence-electron chi connectivity index (χ2n) is 5.40. The number of rotatable bonds is 5. The number of benzene rings is 1. The van der Waals surface area contributed by atoms with Crippen LogP contribution in [0.1, 0.15) is 28.5 Å². The molecule has 0 N–H and O–H groups in total. The molecule has 0 amide bonds. The fourth-order valence-electron chi connectivity index (χ4n) is 2.53. The lowest BCUT2D eigenvalue weighted by molar-refractivity contribution is 0.0525. The first-order valence-electron chi connectivity index (χ1n) is 7.75. The quantitative estimate of drug-likeness (QED) is 0.675. The number of aromatic nitrogens is 3. The van der Waals surface area contributed by atoms with Crippen molar-refractivity contribution >= 4 is 17.0 Å². The van der Waals surface area contributed by atoms with E-state index in [1.807, 2.05) is 28.9 Å². The Hall–Kier alpha value is -2.89. The molecule has 0 radical (unpaired) electrons. The first-order chi connectivity index (χ1) is 11.6. The van der Waals surface area contributed by atoms with Crippen molar-refractivity contribution in [2.75, 3.05) is 13.7 Å². The summed E-state index contributed by atoms with van der Waals surface area (Å²) in [6.45, 7) is 4.52. The lowest BCUT2D eigenvalue weighted by Crippen LogP contribution is -2.09. The average Bonchev–Trinajstić information content (AvgIpc) is 2.97. The third-order valence-electron chi connectivity index (χ3n) is 3.79. The van der Waals surface area contributed by atoms with Gasteiger partial charge in [0.1, 0.15) is 5.75 Å². The standard InChI is InChI=1S/C18H19N3O3/c1-4-24-18(22)16-9-14-10-19-21(17(14)20-12(16)2)11-13-5-7-15(23-3)8-6-13/h5-10H,4,11H2,1-3H3. The Morgan fingerprint density at radius 2 is 2.00 bits per heavy atom. The zero-order valence-electron chi connectivity index (χ0n) is 13.9. The summed E-state index contributed by atoms with van der Waals surface area (Å²) in [5.74, 6) is 0.462. The molecule has 1 aromatic carbocycles. The van der Waals surface area contributed by atoms with E-state index >= 15 is 0 Å². The van der Waals surface area contributed by atoms with E-state index < -0.39 is 0 Å². The molecule has 0 aliphatic rings. The first kappa shape index (κ1) is 16.0. The highest BCUT2D eigenvalue weighted by Gasteiger charge is 2.15. The summed E-state index contributed by atoms with van der Waals surface area (Å²) in [7, 11) is 1.64. The van der Waals surface area contributed by atoms with Crippen LogP contribution in [-0.4, -0.2) is 34.5 Å². The molecular formula is C18H19N3O3. The van der Waals surface area contributed by atoms with E-state index in [4.69, 9.17) is 9.47 Å². The number of ether oxygens (including phenoxy) is 2. The van der Waals surface area contributed by atoms with Gasteiger partial charge < -0.3 is 9.47 Å². The van der Waals surface area contributed by atoms with Gasteiger partial charge in [-0.3, -0.25) is 0 Å². The summed E-state index contributed by atoms with van der Waals surface area (Å²) in [4.78, 5) is 16.5. The maximum absolute atomic E-state index is 12.0. The molecule has 0 saturated heterocycles. The predicted molar refractivity (Wildman–Crippen MR) is 90.3 cm³/mol. The summed E-state index contributed by atoms with van der Waals surface area (Å²) in [5, 5.41) is 5.21. The molecule has 3 aromatic rings. The van der Waals surface area contributed by atoms with Gasteiger partial charge in [0.25, 0.3) is 0 Å². The van der Waals surface area contributed by atoms with Crippen molar-refractivity contribution in [2.45, 2.75) is 20.4 Å². The van der Waals surface area contributed by atoms with Crippen molar-refractivity contribution in [1.29, 1.82) is 0 Å². The van der Waals surface area contributed by atoms with Gasteiger partial charge in [-0.25, -0.2) is 14.5 Å². The van der Waals surface area contributed by atoms with Crippen molar-refractivity contribution in [3.05, 3.63) is 53.3 Å². The van der Waals surface area contributed by atoms with Crippen LogP contribution in [0.3, 0.4) is 0 Å². The van der Waals surface area contributed by atoms with Crippen LogP contribution in [0.2, 0.25) is 0 Å². The average molecular weight is 325 g/mol. The molecule has 0 aliphatic heterocycles. The maximum atomic E-state index is 12.0. The molecule has 0 spiro atoms. The zero-order chi connectivity index (χ0) is 17.1. The summed E-state index contributed by atoms with van der Waals surface area (Å²) >= 11 is 0. The number of carbonyl (C=O) groups excluding carboxylic acids is 1. The van der Waals surface area contributed by atoms with Crippen molar-refractivity contribution in [3.63, 3.8) is 0 Å². The third-order valence-corrected chi connectivity index (χ3v) is 3.79. The monoisotopic (exact) mass is 325 g/mol. The van der Waals surface area contributed by atoms with Crippen LogP contribution in [0.25, 0.3) is 11.0 Å². The normalized spacial score (nSPS) is 10.8. The minimum atomic E-state index is -0.354. The fourth-order valence-corrected chi connectivity index (χ4v) is 2.53.